The lowest BCUT2D eigenvalue weighted by Crippen LogP contribution is -2.45. The number of nitrogens with zero attached hydrogens (tertiary/aromatic N) is 1. The van der Waals surface area contributed by atoms with Crippen LogP contribution in [0.1, 0.15) is 41.5 Å². The van der Waals surface area contributed by atoms with Crippen LogP contribution >= 0.6 is 0 Å². The Labute approximate surface area is 280 Å². The van der Waals surface area contributed by atoms with Gasteiger partial charge in [-0.3, -0.25) is 5.32 Å². The van der Waals surface area contributed by atoms with E-state index < -0.39 is 0 Å². The number of hydrogen-bond acceptors (Lipinski definition) is 4. The third-order valence-electron chi connectivity index (χ3n) is 8.92. The highest BCUT2D eigenvalue weighted by molar-refractivity contribution is 6.21. The summed E-state index contributed by atoms with van der Waals surface area (Å²) in [7, 11) is 0. The molecule has 0 spiro atoms. The number of hydrogen-bond donors (Lipinski definition) is 2. The highest BCUT2D eigenvalue weighted by Gasteiger charge is 2.27. The van der Waals surface area contributed by atoms with E-state index in [1.807, 2.05) is 31.2 Å². The number of allylic oxidation sites excluding steroid dienone is 3. The molecule has 0 bridgehead atoms. The van der Waals surface area contributed by atoms with Gasteiger partial charge >= 0.3 is 0 Å². The van der Waals surface area contributed by atoms with Gasteiger partial charge in [-0.15, -0.1) is 0 Å². The lowest BCUT2D eigenvalue weighted by molar-refractivity contribution is 0.409. The molecule has 1 aromatic heterocycles. The second-order valence-electron chi connectivity index (χ2n) is 12.0. The van der Waals surface area contributed by atoms with Crippen molar-refractivity contribution in [1.82, 2.24) is 10.6 Å². The Bertz CT molecular complexity index is 2280. The van der Waals surface area contributed by atoms with Crippen LogP contribution in [0.5, 0.6) is 0 Å². The Hall–Kier alpha value is -5.97. The van der Waals surface area contributed by atoms with Gasteiger partial charge in [-0.25, -0.2) is 4.99 Å². The highest BCUT2D eigenvalue weighted by Crippen LogP contribution is 2.39. The molecular weight excluding hydrogens is 587 g/mol. The molecule has 0 amide bonds. The van der Waals surface area contributed by atoms with Crippen molar-refractivity contribution in [3.8, 4) is 22.3 Å². The summed E-state index contributed by atoms with van der Waals surface area (Å²) in [5.41, 5.74) is 10.8. The predicted octanol–water partition coefficient (Wildman–Crippen LogP) is 10.8. The van der Waals surface area contributed by atoms with E-state index >= 15 is 0 Å². The SMILES string of the molecule is C/C=C\C=C/c1ccc(C2NC(c3cccc4oc5cccc(-c6ccc(-c7ccccc7)cc6)c5c34)=NC(c3ccccc3)N2)cc1. The molecule has 4 nitrogen and oxygen atoms in total. The fourth-order valence-electron chi connectivity index (χ4n) is 6.53. The van der Waals surface area contributed by atoms with Crippen molar-refractivity contribution in [2.24, 2.45) is 4.99 Å². The van der Waals surface area contributed by atoms with Crippen LogP contribution in [0.15, 0.2) is 173 Å². The Kier molecular flexibility index (Phi) is 7.99. The van der Waals surface area contributed by atoms with E-state index in [0.29, 0.717) is 0 Å². The zero-order chi connectivity index (χ0) is 32.3. The molecule has 48 heavy (non-hydrogen) atoms. The Morgan fingerprint density at radius 1 is 0.562 bits per heavy atom. The van der Waals surface area contributed by atoms with Gasteiger partial charge < -0.3 is 9.73 Å². The molecule has 1 aliphatic rings. The third-order valence-corrected chi connectivity index (χ3v) is 8.92. The third kappa shape index (κ3) is 5.74. The molecule has 0 saturated carbocycles. The molecule has 0 saturated heterocycles. The van der Waals surface area contributed by atoms with Gasteiger partial charge in [0.05, 0.1) is 0 Å². The summed E-state index contributed by atoms with van der Waals surface area (Å²) < 4.78 is 6.51. The lowest BCUT2D eigenvalue weighted by Gasteiger charge is -2.32. The van der Waals surface area contributed by atoms with Gasteiger partial charge in [-0.05, 0) is 58.0 Å². The molecular formula is C44H35N3O. The van der Waals surface area contributed by atoms with Crippen LogP contribution in [0.2, 0.25) is 0 Å². The van der Waals surface area contributed by atoms with Crippen LogP contribution in [0.25, 0.3) is 50.3 Å². The number of aliphatic imine (C=N–C) groups is 1. The monoisotopic (exact) mass is 621 g/mol. The summed E-state index contributed by atoms with van der Waals surface area (Å²) in [5.74, 6) is 0.826. The summed E-state index contributed by atoms with van der Waals surface area (Å²) in [4.78, 5) is 5.28. The lowest BCUT2D eigenvalue weighted by atomic mass is 9.95. The van der Waals surface area contributed by atoms with Gasteiger partial charge in [-0.2, -0.15) is 0 Å². The molecule has 7 aromatic rings. The van der Waals surface area contributed by atoms with Crippen molar-refractivity contribution < 1.29 is 4.42 Å². The van der Waals surface area contributed by atoms with Crippen LogP contribution in [0.4, 0.5) is 0 Å². The molecule has 6 aromatic carbocycles. The number of rotatable bonds is 7. The van der Waals surface area contributed by atoms with Gasteiger partial charge in [0, 0.05) is 16.3 Å². The highest BCUT2D eigenvalue weighted by atomic mass is 16.3. The average molecular weight is 622 g/mol. The van der Waals surface area contributed by atoms with Crippen molar-refractivity contribution >= 4 is 33.9 Å². The van der Waals surface area contributed by atoms with E-state index in [9.17, 15) is 0 Å². The first-order valence-corrected chi connectivity index (χ1v) is 16.4. The van der Waals surface area contributed by atoms with E-state index in [2.05, 4.69) is 156 Å². The number of benzene rings is 6. The molecule has 1 aliphatic heterocycles. The molecule has 4 heteroatoms. The van der Waals surface area contributed by atoms with Crippen LogP contribution in [0, 0.1) is 0 Å². The number of furan rings is 1. The second kappa shape index (κ2) is 13.0. The zero-order valence-electron chi connectivity index (χ0n) is 26.7. The standard InChI is InChI=1S/C44H35N3O/c1-2-3-6-13-30-22-24-35(25-23-30)43-45-42(34-16-9-5-10-17-34)46-44(47-43)37-19-12-21-39-41(37)40-36(18-11-20-38(40)48-39)33-28-26-32(27-29-33)31-14-7-4-8-15-31/h2-29,42-43,45H,1H3,(H,46,47)/b3-2-,13-6-. The smallest absolute Gasteiger partial charge is 0.136 e. The summed E-state index contributed by atoms with van der Waals surface area (Å²) in [6, 6.07) is 50.9. The minimum absolute atomic E-state index is 0.158. The summed E-state index contributed by atoms with van der Waals surface area (Å²) in [6.45, 7) is 2.02. The topological polar surface area (TPSA) is 49.6 Å². The molecule has 0 radical (unpaired) electrons. The molecule has 2 heterocycles. The predicted molar refractivity (Wildman–Crippen MR) is 200 cm³/mol. The molecule has 232 valence electrons. The molecule has 2 atom stereocenters. The second-order valence-corrected chi connectivity index (χ2v) is 12.0. The van der Waals surface area contributed by atoms with E-state index in [1.54, 1.807) is 0 Å². The maximum atomic E-state index is 6.51. The maximum Gasteiger partial charge on any atom is 0.136 e. The van der Waals surface area contributed by atoms with Gasteiger partial charge in [0.25, 0.3) is 0 Å². The van der Waals surface area contributed by atoms with E-state index in [0.717, 1.165) is 61.2 Å². The van der Waals surface area contributed by atoms with Crippen molar-refractivity contribution in [3.63, 3.8) is 0 Å². The fourth-order valence-corrected chi connectivity index (χ4v) is 6.53. The minimum Gasteiger partial charge on any atom is -0.456 e. The summed E-state index contributed by atoms with van der Waals surface area (Å²) >= 11 is 0. The summed E-state index contributed by atoms with van der Waals surface area (Å²) in [5, 5.41) is 9.64. The Balaban J connectivity index is 1.23. The molecule has 8 rings (SSSR count). The van der Waals surface area contributed by atoms with Gasteiger partial charge in [0.2, 0.25) is 0 Å². The molecule has 0 fully saturated rings. The number of amidine groups is 1. The van der Waals surface area contributed by atoms with E-state index in [4.69, 9.17) is 9.41 Å². The average Bonchev–Trinajstić information content (AvgIpc) is 3.55. The van der Waals surface area contributed by atoms with Crippen LogP contribution in [0.3, 0.4) is 0 Å². The molecule has 0 aliphatic carbocycles. The first-order valence-electron chi connectivity index (χ1n) is 16.4. The van der Waals surface area contributed by atoms with Crippen molar-refractivity contribution in [1.29, 1.82) is 0 Å². The largest absolute Gasteiger partial charge is 0.456 e. The first kappa shape index (κ1) is 29.4. The minimum atomic E-state index is -0.236. The van der Waals surface area contributed by atoms with Crippen LogP contribution in [-0.2, 0) is 0 Å². The zero-order valence-corrected chi connectivity index (χ0v) is 26.7. The van der Waals surface area contributed by atoms with Crippen molar-refractivity contribution in [3.05, 3.63) is 186 Å². The quantitative estimate of drug-likeness (QED) is 0.174. The first-order chi connectivity index (χ1) is 23.7. The number of fused-ring (bicyclic) bond motifs is 3. The van der Waals surface area contributed by atoms with E-state index in [-0.39, 0.29) is 12.3 Å². The van der Waals surface area contributed by atoms with Gasteiger partial charge in [-0.1, -0.05) is 158 Å². The van der Waals surface area contributed by atoms with Crippen molar-refractivity contribution in [2.45, 2.75) is 19.3 Å². The Morgan fingerprint density at radius 3 is 1.90 bits per heavy atom. The van der Waals surface area contributed by atoms with Gasteiger partial charge in [0.1, 0.15) is 29.3 Å². The van der Waals surface area contributed by atoms with Crippen LogP contribution < -0.4 is 10.6 Å². The summed E-state index contributed by atoms with van der Waals surface area (Å²) in [6.07, 6.45) is 7.85. The fraction of sp³-hybridized carbons (Fsp3) is 0.0682. The van der Waals surface area contributed by atoms with Crippen molar-refractivity contribution in [2.75, 3.05) is 0 Å². The molecule has 2 unspecified atom stereocenters. The maximum absolute atomic E-state index is 6.51. The van der Waals surface area contributed by atoms with Gasteiger partial charge in [0.15, 0.2) is 0 Å². The van der Waals surface area contributed by atoms with Crippen LogP contribution in [-0.4, -0.2) is 5.84 Å². The number of nitrogens with one attached hydrogen (secondary N) is 2. The molecule has 2 N–H and O–H groups in total. The van der Waals surface area contributed by atoms with E-state index in [1.165, 1.54) is 11.1 Å². The Morgan fingerprint density at radius 2 is 1.19 bits per heavy atom. The normalized spacial score (nSPS) is 16.5.